The van der Waals surface area contributed by atoms with Gasteiger partial charge in [-0.15, -0.1) is 0 Å². The molecule has 0 atom stereocenters. The molecule has 23 heavy (non-hydrogen) atoms. The average molecular weight is 322 g/mol. The monoisotopic (exact) mass is 321 g/mol. The number of carbonyl (C=O) groups excluding carboxylic acids is 1. The van der Waals surface area contributed by atoms with Gasteiger partial charge in [0.15, 0.2) is 5.78 Å². The molecule has 134 valence electrons. The summed E-state index contributed by atoms with van der Waals surface area (Å²) in [7, 11) is 0. The lowest BCUT2D eigenvalue weighted by atomic mass is 10.1. The van der Waals surface area contributed by atoms with Crippen molar-refractivity contribution < 1.29 is 4.79 Å². The molecule has 0 fully saturated rings. The summed E-state index contributed by atoms with van der Waals surface area (Å²) >= 11 is 0. The summed E-state index contributed by atoms with van der Waals surface area (Å²) in [5.74, 6) is 1.10. The molecule has 0 amide bonds. The highest BCUT2D eigenvalue weighted by molar-refractivity contribution is 5.97. The average Bonchev–Trinajstić information content (AvgIpc) is 2.56. The summed E-state index contributed by atoms with van der Waals surface area (Å²) in [5, 5.41) is 3.10. The molecule has 0 aliphatic carbocycles. The smallest absolute Gasteiger partial charge is 0.176 e. The first-order chi connectivity index (χ1) is 11.0. The van der Waals surface area contributed by atoms with E-state index in [-0.39, 0.29) is 5.78 Å². The van der Waals surface area contributed by atoms with Gasteiger partial charge in [-0.25, -0.2) is 0 Å². The van der Waals surface area contributed by atoms with Crippen LogP contribution in [0.15, 0.2) is 24.3 Å². The van der Waals surface area contributed by atoms with Crippen molar-refractivity contribution in [3.63, 3.8) is 0 Å². The zero-order chi connectivity index (χ0) is 18.1. The van der Waals surface area contributed by atoms with Crippen molar-refractivity contribution in [2.45, 2.75) is 74.1 Å². The summed E-state index contributed by atoms with van der Waals surface area (Å²) in [6, 6.07) is 7.69. The summed E-state index contributed by atoms with van der Waals surface area (Å²) in [6.07, 6.45) is 4.97. The fourth-order valence-electron chi connectivity index (χ4n) is 1.51. The normalized spacial score (nSPS) is 9.57. The van der Waals surface area contributed by atoms with Crippen LogP contribution in [-0.2, 0) is 0 Å². The molecule has 0 unspecified atom stereocenters. The van der Waals surface area contributed by atoms with E-state index < -0.39 is 0 Å². The molecule has 0 heterocycles. The van der Waals surface area contributed by atoms with Crippen LogP contribution in [0, 0.1) is 12.8 Å². The van der Waals surface area contributed by atoms with Crippen LogP contribution in [0.2, 0.25) is 0 Å². The van der Waals surface area contributed by atoms with E-state index >= 15 is 0 Å². The minimum Gasteiger partial charge on any atom is -0.310 e. The molecule has 0 saturated carbocycles. The number of aryl methyl sites for hydroxylation is 1. The molecule has 1 aromatic carbocycles. The molecule has 0 aliphatic heterocycles. The van der Waals surface area contributed by atoms with Crippen molar-refractivity contribution in [2.24, 2.45) is 5.92 Å². The lowest BCUT2D eigenvalue weighted by molar-refractivity contribution is 0.0991. The number of hydrogen-bond acceptors (Lipinski definition) is 2. The van der Waals surface area contributed by atoms with Crippen molar-refractivity contribution in [3.8, 4) is 0 Å². The number of rotatable bonds is 7. The van der Waals surface area contributed by atoms with Crippen LogP contribution in [0.4, 0.5) is 0 Å². The molecule has 0 radical (unpaired) electrons. The molecule has 0 aliphatic rings. The van der Waals surface area contributed by atoms with Gasteiger partial charge in [-0.3, -0.25) is 4.79 Å². The Labute approximate surface area is 145 Å². The van der Waals surface area contributed by atoms with Crippen molar-refractivity contribution >= 4 is 5.78 Å². The molecule has 1 rings (SSSR count). The molecule has 2 nitrogen and oxygen atoms in total. The number of carbonyl (C=O) groups is 1. The van der Waals surface area contributed by atoms with Crippen molar-refractivity contribution in [1.82, 2.24) is 5.32 Å². The van der Waals surface area contributed by atoms with Gasteiger partial charge < -0.3 is 5.32 Å². The fraction of sp³-hybridized carbons (Fsp3) is 0.667. The van der Waals surface area contributed by atoms with Crippen molar-refractivity contribution in [3.05, 3.63) is 35.4 Å². The van der Waals surface area contributed by atoms with Gasteiger partial charge in [-0.1, -0.05) is 90.6 Å². The topological polar surface area (TPSA) is 29.1 Å². The molecule has 0 aromatic heterocycles. The third-order valence-electron chi connectivity index (χ3n) is 3.48. The SMILES string of the molecule is CCC.CCC(C)CC.CCCNCC(=O)c1ccc(C)cc1. The predicted octanol–water partition coefficient (Wildman–Crippen LogP) is 6.04. The lowest BCUT2D eigenvalue weighted by Crippen LogP contribution is -2.23. The van der Waals surface area contributed by atoms with E-state index in [1.807, 2.05) is 31.2 Å². The molecule has 0 bridgehead atoms. The lowest BCUT2D eigenvalue weighted by Gasteiger charge is -2.02. The maximum atomic E-state index is 11.6. The first-order valence-electron chi connectivity index (χ1n) is 9.27. The Bertz CT molecular complexity index is 366. The van der Waals surface area contributed by atoms with E-state index in [2.05, 4.69) is 46.9 Å². The first-order valence-corrected chi connectivity index (χ1v) is 9.27. The van der Waals surface area contributed by atoms with Gasteiger partial charge >= 0.3 is 0 Å². The number of Topliss-reactive ketones (excluding diaryl/α,β-unsaturated/α-hetero) is 1. The molecule has 2 heteroatoms. The number of ketones is 1. The maximum Gasteiger partial charge on any atom is 0.176 e. The van der Waals surface area contributed by atoms with Crippen molar-refractivity contribution in [2.75, 3.05) is 13.1 Å². The van der Waals surface area contributed by atoms with Gasteiger partial charge in [0, 0.05) is 5.56 Å². The minimum atomic E-state index is 0.165. The summed E-state index contributed by atoms with van der Waals surface area (Å²) in [5.41, 5.74) is 1.97. The minimum absolute atomic E-state index is 0.165. The van der Waals surface area contributed by atoms with Crippen LogP contribution >= 0.6 is 0 Å². The zero-order valence-corrected chi connectivity index (χ0v) is 16.5. The number of hydrogen-bond donors (Lipinski definition) is 1. The molecular weight excluding hydrogens is 282 g/mol. The van der Waals surface area contributed by atoms with E-state index in [4.69, 9.17) is 0 Å². The van der Waals surface area contributed by atoms with Gasteiger partial charge in [0.2, 0.25) is 0 Å². The summed E-state index contributed by atoms with van der Waals surface area (Å²) < 4.78 is 0. The molecule has 0 saturated heterocycles. The Morgan fingerprint density at radius 1 is 1.00 bits per heavy atom. The fourth-order valence-corrected chi connectivity index (χ4v) is 1.51. The highest BCUT2D eigenvalue weighted by Gasteiger charge is 2.03. The van der Waals surface area contributed by atoms with E-state index in [0.29, 0.717) is 6.54 Å². The van der Waals surface area contributed by atoms with Gasteiger partial charge in [0.25, 0.3) is 0 Å². The molecule has 0 spiro atoms. The van der Waals surface area contributed by atoms with Crippen LogP contribution in [0.5, 0.6) is 0 Å². The Hall–Kier alpha value is -1.15. The second-order valence-corrected chi connectivity index (χ2v) is 6.09. The van der Waals surface area contributed by atoms with Crippen LogP contribution < -0.4 is 5.32 Å². The predicted molar refractivity (Wildman–Crippen MR) is 104 cm³/mol. The largest absolute Gasteiger partial charge is 0.310 e. The van der Waals surface area contributed by atoms with Gasteiger partial charge in [-0.2, -0.15) is 0 Å². The highest BCUT2D eigenvalue weighted by Crippen LogP contribution is 2.03. The van der Waals surface area contributed by atoms with E-state index in [9.17, 15) is 4.79 Å². The van der Waals surface area contributed by atoms with E-state index in [1.54, 1.807) is 0 Å². The van der Waals surface area contributed by atoms with Crippen LogP contribution in [-0.4, -0.2) is 18.9 Å². The third kappa shape index (κ3) is 15.5. The molecular formula is C21H39NO. The van der Waals surface area contributed by atoms with Crippen LogP contribution in [0.1, 0.15) is 83.1 Å². The zero-order valence-electron chi connectivity index (χ0n) is 16.5. The molecule has 1 aromatic rings. The maximum absolute atomic E-state index is 11.6. The van der Waals surface area contributed by atoms with Crippen LogP contribution in [0.25, 0.3) is 0 Å². The highest BCUT2D eigenvalue weighted by atomic mass is 16.1. The van der Waals surface area contributed by atoms with E-state index in [0.717, 1.165) is 24.4 Å². The quantitative estimate of drug-likeness (QED) is 0.490. The Kier molecular flexibility index (Phi) is 18.0. The second kappa shape index (κ2) is 17.2. The number of nitrogens with one attached hydrogen (secondary N) is 1. The summed E-state index contributed by atoms with van der Waals surface area (Å²) in [6.45, 7) is 16.4. The Balaban J connectivity index is 0. The first kappa shape index (κ1) is 24.1. The van der Waals surface area contributed by atoms with Crippen LogP contribution in [0.3, 0.4) is 0 Å². The third-order valence-corrected chi connectivity index (χ3v) is 3.48. The standard InChI is InChI=1S/C12H17NO.C6H14.C3H8/c1-3-8-13-9-12(14)11-6-4-10(2)5-7-11;1-4-6(3)5-2;1-3-2/h4-7,13H,3,8-9H2,1-2H3;6H,4-5H2,1-3H3;3H2,1-2H3. The molecule has 1 N–H and O–H groups in total. The Morgan fingerprint density at radius 2 is 1.48 bits per heavy atom. The number of benzene rings is 1. The van der Waals surface area contributed by atoms with Gasteiger partial charge in [-0.05, 0) is 25.8 Å². The van der Waals surface area contributed by atoms with E-state index in [1.165, 1.54) is 24.8 Å². The van der Waals surface area contributed by atoms with Gasteiger partial charge in [0.1, 0.15) is 0 Å². The second-order valence-electron chi connectivity index (χ2n) is 6.09. The van der Waals surface area contributed by atoms with Crippen molar-refractivity contribution in [1.29, 1.82) is 0 Å². The Morgan fingerprint density at radius 3 is 1.83 bits per heavy atom. The summed E-state index contributed by atoms with van der Waals surface area (Å²) in [4.78, 5) is 11.6. The van der Waals surface area contributed by atoms with Gasteiger partial charge in [0.05, 0.1) is 6.54 Å².